The van der Waals surface area contributed by atoms with Crippen molar-refractivity contribution < 1.29 is 20.4 Å². The van der Waals surface area contributed by atoms with E-state index in [1.54, 1.807) is 0 Å². The van der Waals surface area contributed by atoms with Crippen molar-refractivity contribution in [2.75, 3.05) is 6.61 Å². The van der Waals surface area contributed by atoms with Gasteiger partial charge in [-0.3, -0.25) is 0 Å². The molecule has 4 fully saturated rings. The molecule has 0 amide bonds. The molecule has 178 valence electrons. The molecule has 0 aromatic carbocycles. The third kappa shape index (κ3) is 4.44. The monoisotopic (exact) mass is 442 g/mol. The first-order chi connectivity index (χ1) is 15.2. The van der Waals surface area contributed by atoms with Crippen LogP contribution in [0.15, 0.2) is 47.6 Å². The highest BCUT2D eigenvalue weighted by Crippen LogP contribution is 2.59. The van der Waals surface area contributed by atoms with Gasteiger partial charge in [-0.15, -0.1) is 0 Å². The Morgan fingerprint density at radius 2 is 1.88 bits per heavy atom. The zero-order chi connectivity index (χ0) is 23.1. The van der Waals surface area contributed by atoms with Crippen LogP contribution in [0.3, 0.4) is 0 Å². The summed E-state index contributed by atoms with van der Waals surface area (Å²) in [4.78, 5) is 0. The van der Waals surface area contributed by atoms with Gasteiger partial charge in [0.15, 0.2) is 0 Å². The van der Waals surface area contributed by atoms with Crippen LogP contribution in [0.1, 0.15) is 71.6 Å². The van der Waals surface area contributed by atoms with Crippen molar-refractivity contribution in [3.63, 3.8) is 0 Å². The highest BCUT2D eigenvalue weighted by molar-refractivity contribution is 5.38. The summed E-state index contributed by atoms with van der Waals surface area (Å²) in [7, 11) is 0. The molecule has 0 unspecified atom stereocenters. The molecule has 0 radical (unpaired) electrons. The molecule has 0 bridgehead atoms. The van der Waals surface area contributed by atoms with Crippen molar-refractivity contribution in [1.29, 1.82) is 0 Å². The van der Waals surface area contributed by atoms with Gasteiger partial charge >= 0.3 is 0 Å². The van der Waals surface area contributed by atoms with Gasteiger partial charge in [-0.2, -0.15) is 0 Å². The van der Waals surface area contributed by atoms with Gasteiger partial charge in [-0.1, -0.05) is 50.3 Å². The molecule has 4 aliphatic carbocycles. The Morgan fingerprint density at radius 1 is 1.12 bits per heavy atom. The average Bonchev–Trinajstić information content (AvgIpc) is 3.48. The molecular weight excluding hydrogens is 400 g/mol. The lowest BCUT2D eigenvalue weighted by Gasteiger charge is -2.44. The predicted octanol–water partition coefficient (Wildman–Crippen LogP) is 4.45. The van der Waals surface area contributed by atoms with Crippen LogP contribution in [-0.2, 0) is 0 Å². The molecule has 4 aliphatic rings. The van der Waals surface area contributed by atoms with Gasteiger partial charge < -0.3 is 20.4 Å². The number of aliphatic hydroxyl groups is 4. The van der Waals surface area contributed by atoms with E-state index in [1.807, 2.05) is 6.08 Å². The number of aliphatic hydroxyl groups excluding tert-OH is 4. The summed E-state index contributed by atoms with van der Waals surface area (Å²) in [5.74, 6) is 1.55. The van der Waals surface area contributed by atoms with Crippen LogP contribution >= 0.6 is 0 Å². The molecule has 7 atom stereocenters. The van der Waals surface area contributed by atoms with Crippen LogP contribution in [0, 0.1) is 28.6 Å². The fraction of sp³-hybridized carbons (Fsp3) is 0.714. The normalized spacial score (nSPS) is 41.2. The summed E-state index contributed by atoms with van der Waals surface area (Å²) in [5, 5.41) is 40.3. The number of fused-ring (bicyclic) bond motifs is 1. The number of hydrogen-bond acceptors (Lipinski definition) is 4. The Balaban J connectivity index is 1.47. The molecule has 4 heteroatoms. The third-order valence-electron chi connectivity index (χ3n) is 9.37. The first kappa shape index (κ1) is 23.9. The predicted molar refractivity (Wildman–Crippen MR) is 128 cm³/mol. The molecular formula is C28H42O4. The Kier molecular flexibility index (Phi) is 6.89. The summed E-state index contributed by atoms with van der Waals surface area (Å²) in [5.41, 5.74) is 3.22. The summed E-state index contributed by atoms with van der Waals surface area (Å²) < 4.78 is 0. The van der Waals surface area contributed by atoms with Crippen LogP contribution in [0.4, 0.5) is 0 Å². The van der Waals surface area contributed by atoms with Crippen molar-refractivity contribution in [2.24, 2.45) is 28.6 Å². The van der Waals surface area contributed by atoms with Gasteiger partial charge in [0, 0.05) is 11.8 Å². The molecule has 4 saturated carbocycles. The van der Waals surface area contributed by atoms with Crippen molar-refractivity contribution in [3.8, 4) is 0 Å². The third-order valence-corrected chi connectivity index (χ3v) is 9.37. The highest BCUT2D eigenvalue weighted by Gasteiger charge is 2.51. The SMILES string of the molecule is C=C1C(=CC=C2CCC[C@]3(C)[C@@H]([C@H](C)C=C[C@@H](O)C4(CO)CC4)CC[C@@H]23)C[C@@H](O)C[C@@H]1O. The molecule has 4 nitrogen and oxygen atoms in total. The maximum absolute atomic E-state index is 10.5. The zero-order valence-corrected chi connectivity index (χ0v) is 19.8. The van der Waals surface area contributed by atoms with Gasteiger partial charge in [0.05, 0.1) is 24.9 Å². The van der Waals surface area contributed by atoms with E-state index in [0.717, 1.165) is 30.4 Å². The fourth-order valence-corrected chi connectivity index (χ4v) is 6.93. The van der Waals surface area contributed by atoms with Crippen LogP contribution in [0.25, 0.3) is 0 Å². The van der Waals surface area contributed by atoms with Crippen LogP contribution in [0.5, 0.6) is 0 Å². The van der Waals surface area contributed by atoms with Crippen molar-refractivity contribution >= 4 is 0 Å². The number of hydrogen-bond donors (Lipinski definition) is 4. The maximum Gasteiger partial charge on any atom is 0.0811 e. The lowest BCUT2D eigenvalue weighted by Crippen LogP contribution is -2.35. The van der Waals surface area contributed by atoms with Crippen molar-refractivity contribution in [3.05, 3.63) is 47.6 Å². The molecule has 0 heterocycles. The largest absolute Gasteiger partial charge is 0.396 e. The Hall–Kier alpha value is -1.20. The quantitative estimate of drug-likeness (QED) is 0.458. The Bertz CT molecular complexity index is 804. The first-order valence-electron chi connectivity index (χ1n) is 12.6. The highest BCUT2D eigenvalue weighted by atomic mass is 16.3. The van der Waals surface area contributed by atoms with Gasteiger partial charge in [-0.05, 0) is 85.7 Å². The van der Waals surface area contributed by atoms with E-state index >= 15 is 0 Å². The van der Waals surface area contributed by atoms with E-state index in [9.17, 15) is 20.4 Å². The second-order valence-corrected chi connectivity index (χ2v) is 11.4. The average molecular weight is 443 g/mol. The van der Waals surface area contributed by atoms with Crippen LogP contribution < -0.4 is 0 Å². The van der Waals surface area contributed by atoms with Crippen LogP contribution in [-0.4, -0.2) is 45.3 Å². The maximum atomic E-state index is 10.5. The molecule has 4 rings (SSSR count). The van der Waals surface area contributed by atoms with E-state index in [2.05, 4.69) is 38.7 Å². The first-order valence-corrected chi connectivity index (χ1v) is 12.6. The smallest absolute Gasteiger partial charge is 0.0811 e. The topological polar surface area (TPSA) is 80.9 Å². The summed E-state index contributed by atoms with van der Waals surface area (Å²) in [6.07, 6.45) is 15.6. The Labute approximate surface area is 193 Å². The molecule has 0 saturated heterocycles. The lowest BCUT2D eigenvalue weighted by molar-refractivity contribution is 0.0820. The molecule has 0 spiro atoms. The second-order valence-electron chi connectivity index (χ2n) is 11.4. The minimum absolute atomic E-state index is 0.0697. The van der Waals surface area contributed by atoms with E-state index in [-0.39, 0.29) is 17.4 Å². The van der Waals surface area contributed by atoms with E-state index in [1.165, 1.54) is 31.3 Å². The molecule has 32 heavy (non-hydrogen) atoms. The zero-order valence-electron chi connectivity index (χ0n) is 19.8. The minimum Gasteiger partial charge on any atom is -0.396 e. The second kappa shape index (κ2) is 9.21. The van der Waals surface area contributed by atoms with Gasteiger partial charge in [0.2, 0.25) is 0 Å². The molecule has 0 aromatic heterocycles. The van der Waals surface area contributed by atoms with Gasteiger partial charge in [0.1, 0.15) is 0 Å². The summed E-state index contributed by atoms with van der Waals surface area (Å²) >= 11 is 0. The van der Waals surface area contributed by atoms with E-state index in [0.29, 0.717) is 30.6 Å². The van der Waals surface area contributed by atoms with E-state index < -0.39 is 18.3 Å². The standard InChI is InChI=1S/C28H42O4/c1-18(6-11-26(32)28(17-29)13-14-28)23-9-10-24-20(5-4-12-27(23,24)3)7-8-21-15-22(30)16-25(31)19(21)2/h6-8,11,18,22-26,29-32H,2,4-5,9-10,12-17H2,1,3H3/t18-,22-,23-,24+,25+,26-,27-/m1/s1. The molecule has 4 N–H and O–H groups in total. The van der Waals surface area contributed by atoms with Gasteiger partial charge in [0.25, 0.3) is 0 Å². The Morgan fingerprint density at radius 3 is 2.56 bits per heavy atom. The summed E-state index contributed by atoms with van der Waals surface area (Å²) in [6, 6.07) is 0. The fourth-order valence-electron chi connectivity index (χ4n) is 6.93. The number of allylic oxidation sites excluding steroid dienone is 4. The van der Waals surface area contributed by atoms with Crippen LogP contribution in [0.2, 0.25) is 0 Å². The minimum atomic E-state index is -0.639. The number of rotatable bonds is 6. The van der Waals surface area contributed by atoms with E-state index in [4.69, 9.17) is 0 Å². The molecule has 0 aromatic rings. The lowest BCUT2D eigenvalue weighted by atomic mass is 9.61. The van der Waals surface area contributed by atoms with Crippen molar-refractivity contribution in [1.82, 2.24) is 0 Å². The molecule has 0 aliphatic heterocycles. The van der Waals surface area contributed by atoms with Crippen molar-refractivity contribution in [2.45, 2.75) is 89.9 Å². The van der Waals surface area contributed by atoms with Gasteiger partial charge in [-0.25, -0.2) is 0 Å². The summed E-state index contributed by atoms with van der Waals surface area (Å²) in [6.45, 7) is 8.86.